The molecule has 0 aliphatic carbocycles. The standard InChI is InChI=1S/C16H25N3O2/c17-16(20)3-1-2-8-18-13-14-4-6-15(7-5-14)19-9-11-21-12-10-19/h4-7,18H,1-3,8-13H2,(H2,17,20). The lowest BCUT2D eigenvalue weighted by molar-refractivity contribution is -0.118. The highest BCUT2D eigenvalue weighted by Crippen LogP contribution is 2.16. The summed E-state index contributed by atoms with van der Waals surface area (Å²) in [5, 5.41) is 3.39. The summed E-state index contributed by atoms with van der Waals surface area (Å²) in [5.41, 5.74) is 7.65. The summed E-state index contributed by atoms with van der Waals surface area (Å²) in [6.07, 6.45) is 2.32. The molecule has 0 aromatic heterocycles. The van der Waals surface area contributed by atoms with E-state index in [1.807, 2.05) is 0 Å². The quantitative estimate of drug-likeness (QED) is 0.708. The normalized spacial score (nSPS) is 15.1. The maximum Gasteiger partial charge on any atom is 0.217 e. The predicted molar refractivity (Wildman–Crippen MR) is 84.2 cm³/mol. The van der Waals surface area contributed by atoms with Gasteiger partial charge >= 0.3 is 0 Å². The molecule has 1 aliphatic rings. The van der Waals surface area contributed by atoms with Gasteiger partial charge in [-0.05, 0) is 37.1 Å². The molecule has 1 saturated heterocycles. The van der Waals surface area contributed by atoms with Crippen LogP contribution in [-0.2, 0) is 16.1 Å². The molecular formula is C16H25N3O2. The SMILES string of the molecule is NC(=O)CCCCNCc1ccc(N2CCOCC2)cc1. The minimum absolute atomic E-state index is 0.214. The van der Waals surface area contributed by atoms with Crippen LogP contribution in [0.15, 0.2) is 24.3 Å². The molecule has 0 bridgehead atoms. The lowest BCUT2D eigenvalue weighted by Gasteiger charge is -2.28. The molecule has 1 amide bonds. The fourth-order valence-corrected chi connectivity index (χ4v) is 2.43. The molecule has 5 heteroatoms. The predicted octanol–water partition coefficient (Wildman–Crippen LogP) is 1.27. The van der Waals surface area contributed by atoms with Gasteiger partial charge in [-0.15, -0.1) is 0 Å². The van der Waals surface area contributed by atoms with Crippen molar-refractivity contribution >= 4 is 11.6 Å². The lowest BCUT2D eigenvalue weighted by Crippen LogP contribution is -2.36. The van der Waals surface area contributed by atoms with Crippen LogP contribution >= 0.6 is 0 Å². The second-order valence-corrected chi connectivity index (χ2v) is 5.37. The summed E-state index contributed by atoms with van der Waals surface area (Å²) in [7, 11) is 0. The first-order valence-corrected chi connectivity index (χ1v) is 7.66. The number of rotatable bonds is 8. The molecule has 0 radical (unpaired) electrons. The first-order valence-electron chi connectivity index (χ1n) is 7.66. The molecule has 0 unspecified atom stereocenters. The second kappa shape index (κ2) is 8.64. The van der Waals surface area contributed by atoms with Crippen LogP contribution in [0.25, 0.3) is 0 Å². The van der Waals surface area contributed by atoms with Gasteiger partial charge in [-0.2, -0.15) is 0 Å². The van der Waals surface area contributed by atoms with Crippen LogP contribution in [0.5, 0.6) is 0 Å². The van der Waals surface area contributed by atoms with Crippen molar-refractivity contribution in [1.82, 2.24) is 5.32 Å². The molecule has 1 fully saturated rings. The highest BCUT2D eigenvalue weighted by atomic mass is 16.5. The van der Waals surface area contributed by atoms with Gasteiger partial charge in [0.1, 0.15) is 0 Å². The fourth-order valence-electron chi connectivity index (χ4n) is 2.43. The zero-order valence-corrected chi connectivity index (χ0v) is 12.5. The average Bonchev–Trinajstić information content (AvgIpc) is 2.52. The van der Waals surface area contributed by atoms with Gasteiger partial charge in [-0.1, -0.05) is 12.1 Å². The van der Waals surface area contributed by atoms with E-state index in [4.69, 9.17) is 10.5 Å². The van der Waals surface area contributed by atoms with Crippen molar-refractivity contribution in [2.45, 2.75) is 25.8 Å². The highest BCUT2D eigenvalue weighted by molar-refractivity contribution is 5.73. The zero-order chi connectivity index (χ0) is 14.9. The van der Waals surface area contributed by atoms with Crippen LogP contribution in [0.4, 0.5) is 5.69 Å². The Morgan fingerprint density at radius 3 is 2.57 bits per heavy atom. The highest BCUT2D eigenvalue weighted by Gasteiger charge is 2.10. The summed E-state index contributed by atoms with van der Waals surface area (Å²) in [4.78, 5) is 13.0. The Bertz CT molecular complexity index is 428. The number of morpholine rings is 1. The number of primary amides is 1. The maximum atomic E-state index is 10.6. The third-order valence-electron chi connectivity index (χ3n) is 3.67. The number of benzene rings is 1. The molecule has 1 aliphatic heterocycles. The van der Waals surface area contributed by atoms with Crippen molar-refractivity contribution < 1.29 is 9.53 Å². The number of unbranched alkanes of at least 4 members (excludes halogenated alkanes) is 1. The smallest absolute Gasteiger partial charge is 0.217 e. The number of anilines is 1. The average molecular weight is 291 g/mol. The van der Waals surface area contributed by atoms with Crippen molar-refractivity contribution in [3.63, 3.8) is 0 Å². The number of nitrogens with zero attached hydrogens (tertiary/aromatic N) is 1. The van der Waals surface area contributed by atoms with E-state index in [9.17, 15) is 4.79 Å². The minimum Gasteiger partial charge on any atom is -0.378 e. The Kier molecular flexibility index (Phi) is 6.50. The number of nitrogens with two attached hydrogens (primary N) is 1. The van der Waals surface area contributed by atoms with E-state index in [0.717, 1.165) is 52.2 Å². The van der Waals surface area contributed by atoms with E-state index < -0.39 is 0 Å². The van der Waals surface area contributed by atoms with Gasteiger partial charge in [0.15, 0.2) is 0 Å². The van der Waals surface area contributed by atoms with Crippen LogP contribution in [0, 0.1) is 0 Å². The minimum atomic E-state index is -0.214. The van der Waals surface area contributed by atoms with Gasteiger partial charge in [0, 0.05) is 31.7 Å². The maximum absolute atomic E-state index is 10.6. The first-order chi connectivity index (χ1) is 10.3. The molecule has 3 N–H and O–H groups in total. The van der Waals surface area contributed by atoms with Crippen LogP contribution in [0.3, 0.4) is 0 Å². The third-order valence-corrected chi connectivity index (χ3v) is 3.67. The molecular weight excluding hydrogens is 266 g/mol. The molecule has 5 nitrogen and oxygen atoms in total. The molecule has 1 heterocycles. The largest absolute Gasteiger partial charge is 0.378 e. The van der Waals surface area contributed by atoms with Crippen LogP contribution in [0.1, 0.15) is 24.8 Å². The van der Waals surface area contributed by atoms with Gasteiger partial charge < -0.3 is 20.7 Å². The van der Waals surface area contributed by atoms with Gasteiger partial charge in [0.2, 0.25) is 5.91 Å². The fraction of sp³-hybridized carbons (Fsp3) is 0.562. The van der Waals surface area contributed by atoms with Crippen molar-refractivity contribution in [3.05, 3.63) is 29.8 Å². The summed E-state index contributed by atoms with van der Waals surface area (Å²) in [6.45, 7) is 5.34. The number of hydrogen-bond donors (Lipinski definition) is 2. The van der Waals surface area contributed by atoms with E-state index in [-0.39, 0.29) is 5.91 Å². The Morgan fingerprint density at radius 1 is 1.19 bits per heavy atom. The number of nitrogens with one attached hydrogen (secondary N) is 1. The van der Waals surface area contributed by atoms with Gasteiger partial charge in [-0.3, -0.25) is 4.79 Å². The molecule has 0 atom stereocenters. The number of carbonyl (C=O) groups is 1. The van der Waals surface area contributed by atoms with E-state index >= 15 is 0 Å². The van der Waals surface area contributed by atoms with Gasteiger partial charge in [0.05, 0.1) is 13.2 Å². The van der Waals surface area contributed by atoms with Crippen LogP contribution < -0.4 is 16.0 Å². The van der Waals surface area contributed by atoms with Crippen molar-refractivity contribution in [2.75, 3.05) is 37.7 Å². The Hall–Kier alpha value is -1.59. The van der Waals surface area contributed by atoms with Crippen LogP contribution in [0.2, 0.25) is 0 Å². The van der Waals surface area contributed by atoms with Crippen molar-refractivity contribution in [3.8, 4) is 0 Å². The molecule has 21 heavy (non-hydrogen) atoms. The summed E-state index contributed by atoms with van der Waals surface area (Å²) in [6, 6.07) is 8.69. The third kappa shape index (κ3) is 5.73. The van der Waals surface area contributed by atoms with Crippen LogP contribution in [-0.4, -0.2) is 38.8 Å². The van der Waals surface area contributed by atoms with Gasteiger partial charge in [-0.25, -0.2) is 0 Å². The molecule has 0 saturated carbocycles. The lowest BCUT2D eigenvalue weighted by atomic mass is 10.2. The Balaban J connectivity index is 1.66. The first kappa shape index (κ1) is 15.8. The molecule has 2 rings (SSSR count). The zero-order valence-electron chi connectivity index (χ0n) is 12.5. The Labute approximate surface area is 126 Å². The summed E-state index contributed by atoms with van der Waals surface area (Å²) >= 11 is 0. The number of hydrogen-bond acceptors (Lipinski definition) is 4. The number of carbonyl (C=O) groups excluding carboxylic acids is 1. The van der Waals surface area contributed by atoms with E-state index in [1.54, 1.807) is 0 Å². The summed E-state index contributed by atoms with van der Waals surface area (Å²) < 4.78 is 5.36. The van der Waals surface area contributed by atoms with Crippen molar-refractivity contribution in [1.29, 1.82) is 0 Å². The molecule has 116 valence electrons. The topological polar surface area (TPSA) is 67.6 Å². The van der Waals surface area contributed by atoms with E-state index in [1.165, 1.54) is 11.3 Å². The van der Waals surface area contributed by atoms with Crippen molar-refractivity contribution in [2.24, 2.45) is 5.73 Å². The number of ether oxygens (including phenoxy) is 1. The summed E-state index contributed by atoms with van der Waals surface area (Å²) in [5.74, 6) is -0.214. The molecule has 1 aromatic carbocycles. The monoisotopic (exact) mass is 291 g/mol. The molecule has 1 aromatic rings. The van der Waals surface area contributed by atoms with E-state index in [2.05, 4.69) is 34.5 Å². The molecule has 0 spiro atoms. The number of amides is 1. The second-order valence-electron chi connectivity index (χ2n) is 5.37. The van der Waals surface area contributed by atoms with E-state index in [0.29, 0.717) is 6.42 Å². The Morgan fingerprint density at radius 2 is 1.90 bits per heavy atom. The van der Waals surface area contributed by atoms with Gasteiger partial charge in [0.25, 0.3) is 0 Å².